The van der Waals surface area contributed by atoms with Crippen molar-refractivity contribution in [1.82, 2.24) is 4.90 Å². The van der Waals surface area contributed by atoms with Gasteiger partial charge in [-0.3, -0.25) is 0 Å². The van der Waals surface area contributed by atoms with Crippen LogP contribution in [0.2, 0.25) is 0 Å². The fourth-order valence-corrected chi connectivity index (χ4v) is 2.74. The highest BCUT2D eigenvalue weighted by atomic mass is 19.1. The molecule has 0 radical (unpaired) electrons. The number of phenolic OH excluding ortho intramolecular Hbond substituents is 1. The molecule has 100 valence electrons. The fourth-order valence-electron chi connectivity index (χ4n) is 2.74. The van der Waals surface area contributed by atoms with Crippen LogP contribution in [0.4, 0.5) is 4.39 Å². The molecule has 2 nitrogen and oxygen atoms in total. The third-order valence-corrected chi connectivity index (χ3v) is 3.65. The van der Waals surface area contributed by atoms with Gasteiger partial charge in [0.1, 0.15) is 0 Å². The summed E-state index contributed by atoms with van der Waals surface area (Å²) in [5.74, 6) is 0.379. The average molecular weight is 251 g/mol. The standard InChI is InChI=1S/C15H22FNO/c1-11(2)10-17-7-5-12(6-8-17)13-3-4-15(18)14(16)9-13/h3-4,9,11-12,18H,5-8,10H2,1-2H3. The van der Waals surface area contributed by atoms with Crippen LogP contribution in [0.25, 0.3) is 0 Å². The number of hydrogen-bond donors (Lipinski definition) is 1. The number of piperidine rings is 1. The zero-order valence-corrected chi connectivity index (χ0v) is 11.2. The molecular weight excluding hydrogens is 229 g/mol. The lowest BCUT2D eigenvalue weighted by Crippen LogP contribution is -2.35. The van der Waals surface area contributed by atoms with Gasteiger partial charge in [-0.05, 0) is 55.5 Å². The van der Waals surface area contributed by atoms with Crippen LogP contribution in [-0.4, -0.2) is 29.6 Å². The topological polar surface area (TPSA) is 23.5 Å². The zero-order valence-electron chi connectivity index (χ0n) is 11.2. The molecule has 1 N–H and O–H groups in total. The van der Waals surface area contributed by atoms with Crippen LogP contribution >= 0.6 is 0 Å². The number of phenols is 1. The van der Waals surface area contributed by atoms with Gasteiger partial charge in [0.15, 0.2) is 11.6 Å². The Morgan fingerprint density at radius 2 is 2.00 bits per heavy atom. The summed E-state index contributed by atoms with van der Waals surface area (Å²) in [7, 11) is 0. The van der Waals surface area contributed by atoms with Crippen LogP contribution in [0.3, 0.4) is 0 Å². The molecule has 1 saturated heterocycles. The molecular formula is C15H22FNO. The molecule has 1 aliphatic rings. The summed E-state index contributed by atoms with van der Waals surface area (Å²) in [6, 6.07) is 4.80. The fraction of sp³-hybridized carbons (Fsp3) is 0.600. The molecule has 0 atom stereocenters. The number of halogens is 1. The molecule has 0 spiro atoms. The van der Waals surface area contributed by atoms with Gasteiger partial charge in [-0.15, -0.1) is 0 Å². The van der Waals surface area contributed by atoms with E-state index in [1.54, 1.807) is 0 Å². The predicted molar refractivity (Wildman–Crippen MR) is 71.3 cm³/mol. The van der Waals surface area contributed by atoms with E-state index in [0.29, 0.717) is 11.8 Å². The first kappa shape index (κ1) is 13.3. The van der Waals surface area contributed by atoms with Gasteiger partial charge >= 0.3 is 0 Å². The third kappa shape index (κ3) is 3.22. The Morgan fingerprint density at radius 3 is 2.56 bits per heavy atom. The quantitative estimate of drug-likeness (QED) is 0.890. The van der Waals surface area contributed by atoms with E-state index >= 15 is 0 Å². The smallest absolute Gasteiger partial charge is 0.165 e. The summed E-state index contributed by atoms with van der Waals surface area (Å²) in [4.78, 5) is 2.48. The molecule has 1 aromatic carbocycles. The Morgan fingerprint density at radius 1 is 1.33 bits per heavy atom. The zero-order chi connectivity index (χ0) is 13.1. The first-order valence-corrected chi connectivity index (χ1v) is 6.77. The normalized spacial score (nSPS) is 18.4. The van der Waals surface area contributed by atoms with Crippen LogP contribution in [0.15, 0.2) is 18.2 Å². The van der Waals surface area contributed by atoms with Gasteiger partial charge in [0, 0.05) is 6.54 Å². The van der Waals surface area contributed by atoms with E-state index in [-0.39, 0.29) is 5.75 Å². The summed E-state index contributed by atoms with van der Waals surface area (Å²) in [6.45, 7) is 7.80. The summed E-state index contributed by atoms with van der Waals surface area (Å²) >= 11 is 0. The minimum Gasteiger partial charge on any atom is -0.505 e. The van der Waals surface area contributed by atoms with Crippen LogP contribution in [0.1, 0.15) is 38.2 Å². The molecule has 1 heterocycles. The van der Waals surface area contributed by atoms with E-state index in [9.17, 15) is 9.50 Å². The van der Waals surface area contributed by atoms with Crippen LogP contribution in [0, 0.1) is 11.7 Å². The largest absolute Gasteiger partial charge is 0.505 e. The van der Waals surface area contributed by atoms with Crippen molar-refractivity contribution in [3.63, 3.8) is 0 Å². The molecule has 0 amide bonds. The van der Waals surface area contributed by atoms with Gasteiger partial charge in [-0.25, -0.2) is 4.39 Å². The average Bonchev–Trinajstić information content (AvgIpc) is 2.33. The van der Waals surface area contributed by atoms with Gasteiger partial charge in [-0.1, -0.05) is 19.9 Å². The highest BCUT2D eigenvalue weighted by Gasteiger charge is 2.21. The number of hydrogen-bond acceptors (Lipinski definition) is 2. The van der Waals surface area contributed by atoms with Gasteiger partial charge in [0.2, 0.25) is 0 Å². The molecule has 1 aromatic rings. The van der Waals surface area contributed by atoms with Crippen molar-refractivity contribution >= 4 is 0 Å². The van der Waals surface area contributed by atoms with Gasteiger partial charge < -0.3 is 10.0 Å². The van der Waals surface area contributed by atoms with Crippen molar-refractivity contribution < 1.29 is 9.50 Å². The van der Waals surface area contributed by atoms with Crippen LogP contribution in [-0.2, 0) is 0 Å². The molecule has 1 aliphatic heterocycles. The Bertz CT molecular complexity index is 397. The van der Waals surface area contributed by atoms with Crippen molar-refractivity contribution in [2.75, 3.05) is 19.6 Å². The maximum atomic E-state index is 13.3. The van der Waals surface area contributed by atoms with Crippen LogP contribution < -0.4 is 0 Å². The molecule has 1 fully saturated rings. The van der Waals surface area contributed by atoms with Gasteiger partial charge in [0.25, 0.3) is 0 Å². The third-order valence-electron chi connectivity index (χ3n) is 3.65. The Kier molecular flexibility index (Phi) is 4.23. The summed E-state index contributed by atoms with van der Waals surface area (Å²) < 4.78 is 13.3. The number of nitrogens with zero attached hydrogens (tertiary/aromatic N) is 1. The van der Waals surface area contributed by atoms with Crippen molar-refractivity contribution in [3.05, 3.63) is 29.6 Å². The lowest BCUT2D eigenvalue weighted by molar-refractivity contribution is 0.192. The predicted octanol–water partition coefficient (Wildman–Crippen LogP) is 3.37. The van der Waals surface area contributed by atoms with E-state index < -0.39 is 5.82 Å². The van der Waals surface area contributed by atoms with Crippen molar-refractivity contribution in [3.8, 4) is 5.75 Å². The first-order valence-electron chi connectivity index (χ1n) is 6.77. The molecule has 18 heavy (non-hydrogen) atoms. The molecule has 0 saturated carbocycles. The molecule has 0 unspecified atom stereocenters. The minimum absolute atomic E-state index is 0.254. The maximum Gasteiger partial charge on any atom is 0.165 e. The molecule has 3 heteroatoms. The van der Waals surface area contributed by atoms with Crippen LogP contribution in [0.5, 0.6) is 5.75 Å². The molecule has 0 bridgehead atoms. The Hall–Kier alpha value is -1.09. The minimum atomic E-state index is -0.503. The number of rotatable bonds is 3. The van der Waals surface area contributed by atoms with Gasteiger partial charge in [-0.2, -0.15) is 0 Å². The SMILES string of the molecule is CC(C)CN1CCC(c2ccc(O)c(F)c2)CC1. The maximum absolute atomic E-state index is 13.3. The second kappa shape index (κ2) is 5.70. The number of benzene rings is 1. The number of likely N-dealkylation sites (tertiary alicyclic amines) is 1. The molecule has 0 aromatic heterocycles. The Labute approximate surface area is 108 Å². The van der Waals surface area contributed by atoms with E-state index in [1.807, 2.05) is 6.07 Å². The van der Waals surface area contributed by atoms with Crippen molar-refractivity contribution in [2.24, 2.45) is 5.92 Å². The summed E-state index contributed by atoms with van der Waals surface area (Å²) in [6.07, 6.45) is 2.16. The van der Waals surface area contributed by atoms with E-state index in [2.05, 4.69) is 18.7 Å². The highest BCUT2D eigenvalue weighted by Crippen LogP contribution is 2.30. The number of aromatic hydroxyl groups is 1. The van der Waals surface area contributed by atoms with E-state index in [1.165, 1.54) is 12.1 Å². The first-order chi connectivity index (χ1) is 8.56. The van der Waals surface area contributed by atoms with Crippen molar-refractivity contribution in [2.45, 2.75) is 32.6 Å². The summed E-state index contributed by atoms with van der Waals surface area (Å²) in [5.41, 5.74) is 1.02. The van der Waals surface area contributed by atoms with Gasteiger partial charge in [0.05, 0.1) is 0 Å². The second-order valence-corrected chi connectivity index (χ2v) is 5.68. The van der Waals surface area contributed by atoms with E-state index in [0.717, 1.165) is 38.0 Å². The lowest BCUT2D eigenvalue weighted by atomic mass is 9.89. The van der Waals surface area contributed by atoms with E-state index in [4.69, 9.17) is 0 Å². The van der Waals surface area contributed by atoms with Crippen molar-refractivity contribution in [1.29, 1.82) is 0 Å². The monoisotopic (exact) mass is 251 g/mol. The highest BCUT2D eigenvalue weighted by molar-refractivity contribution is 5.30. The lowest BCUT2D eigenvalue weighted by Gasteiger charge is -2.33. The Balaban J connectivity index is 1.94. The molecule has 2 rings (SSSR count). The second-order valence-electron chi connectivity index (χ2n) is 5.68. The summed E-state index contributed by atoms with van der Waals surface area (Å²) in [5, 5.41) is 9.20. The molecule has 0 aliphatic carbocycles.